The third kappa shape index (κ3) is 3.51. The Morgan fingerprint density at radius 1 is 1.14 bits per heavy atom. The summed E-state index contributed by atoms with van der Waals surface area (Å²) in [5, 5.41) is 4.78. The Balaban J connectivity index is 1.51. The van der Waals surface area contributed by atoms with E-state index < -0.39 is 6.43 Å². The zero-order valence-corrected chi connectivity index (χ0v) is 20.1. The number of benzene rings is 1. The summed E-state index contributed by atoms with van der Waals surface area (Å²) < 4.78 is 38.3. The number of imidazole rings is 1. The molecule has 3 aromatic heterocycles. The van der Waals surface area contributed by atoms with Gasteiger partial charge in [0.1, 0.15) is 11.4 Å². The van der Waals surface area contributed by atoms with Crippen LogP contribution in [0.15, 0.2) is 36.8 Å². The summed E-state index contributed by atoms with van der Waals surface area (Å²) in [5.41, 5.74) is 5.42. The molecule has 8 nitrogen and oxygen atoms in total. The number of nitrogens with zero attached hydrogens (tertiary/aromatic N) is 6. The Hall–Kier alpha value is -3.95. The molecule has 4 aromatic rings. The van der Waals surface area contributed by atoms with Gasteiger partial charge in [0.05, 0.1) is 19.9 Å². The predicted octanol–water partition coefficient (Wildman–Crippen LogP) is 4.28. The Labute approximate surface area is 206 Å². The number of methoxy groups -OCH3 is 1. The van der Waals surface area contributed by atoms with Gasteiger partial charge in [-0.1, -0.05) is 0 Å². The Bertz CT molecular complexity index is 1480. The molecule has 0 aliphatic carbocycles. The van der Waals surface area contributed by atoms with Crippen LogP contribution < -0.4 is 9.64 Å². The number of pyridine rings is 1. The Morgan fingerprint density at radius 2 is 2.00 bits per heavy atom. The summed E-state index contributed by atoms with van der Waals surface area (Å²) in [6.45, 7) is 1.78. The molecule has 186 valence electrons. The lowest BCUT2D eigenvalue weighted by atomic mass is 9.91. The molecule has 0 saturated carbocycles. The van der Waals surface area contributed by atoms with Crippen molar-refractivity contribution in [3.05, 3.63) is 59.2 Å². The third-order valence-corrected chi connectivity index (χ3v) is 7.26. The van der Waals surface area contributed by atoms with Gasteiger partial charge in [0, 0.05) is 67.0 Å². The maximum Gasteiger partial charge on any atom is 0.264 e. The molecule has 2 aliphatic heterocycles. The van der Waals surface area contributed by atoms with Crippen molar-refractivity contribution in [1.29, 1.82) is 0 Å². The van der Waals surface area contributed by atoms with Gasteiger partial charge in [-0.05, 0) is 42.2 Å². The van der Waals surface area contributed by atoms with E-state index in [4.69, 9.17) is 9.84 Å². The van der Waals surface area contributed by atoms with Crippen molar-refractivity contribution in [2.45, 2.75) is 32.2 Å². The van der Waals surface area contributed by atoms with Gasteiger partial charge in [0.15, 0.2) is 5.82 Å². The molecule has 0 atom stereocenters. The van der Waals surface area contributed by atoms with Crippen LogP contribution in [0.1, 0.15) is 35.2 Å². The van der Waals surface area contributed by atoms with E-state index in [1.807, 2.05) is 22.7 Å². The van der Waals surface area contributed by atoms with Gasteiger partial charge in [0.2, 0.25) is 6.41 Å². The average molecular weight is 493 g/mol. The molecule has 1 amide bonds. The van der Waals surface area contributed by atoms with Crippen LogP contribution in [0.3, 0.4) is 0 Å². The standard InChI is InChI=1S/C26H26F2N6O2/c1-31-21-5-8-32(15-35)13-20(21)26(30-31)34-7-3-4-16-10-17(19(25(27)28)11-22(16)34)18-12-24-29-6-9-33(24)14-23(18)36-2/h6,9-12,14-15,25H,3-5,7-8,13H2,1-2H3. The second-order valence-electron chi connectivity index (χ2n) is 9.27. The molecule has 0 radical (unpaired) electrons. The highest BCUT2D eigenvalue weighted by Crippen LogP contribution is 2.44. The summed E-state index contributed by atoms with van der Waals surface area (Å²) in [7, 11) is 3.44. The van der Waals surface area contributed by atoms with Crippen LogP contribution >= 0.6 is 0 Å². The fraction of sp³-hybridized carbons (Fsp3) is 0.346. The number of alkyl halides is 2. The van der Waals surface area contributed by atoms with Crippen LogP contribution in [0, 0.1) is 0 Å². The molecule has 2 aliphatic rings. The Morgan fingerprint density at radius 3 is 2.78 bits per heavy atom. The minimum absolute atomic E-state index is 0.0610. The lowest BCUT2D eigenvalue weighted by Crippen LogP contribution is -2.31. The molecule has 36 heavy (non-hydrogen) atoms. The average Bonchev–Trinajstić information content (AvgIpc) is 3.49. The normalized spacial score (nSPS) is 15.4. The largest absolute Gasteiger partial charge is 0.495 e. The van der Waals surface area contributed by atoms with Crippen LogP contribution in [0.25, 0.3) is 16.8 Å². The van der Waals surface area contributed by atoms with Crippen molar-refractivity contribution < 1.29 is 18.3 Å². The van der Waals surface area contributed by atoms with Crippen molar-refractivity contribution in [3.8, 4) is 16.9 Å². The molecule has 0 saturated heterocycles. The van der Waals surface area contributed by atoms with Crippen molar-refractivity contribution in [1.82, 2.24) is 24.1 Å². The first-order valence-electron chi connectivity index (χ1n) is 12.0. The SMILES string of the molecule is COc1cn2ccnc2cc1-c1cc2c(cc1C(F)F)N(c1nn(C)c3c1CN(C=O)CC3)CCC2. The molecule has 10 heteroatoms. The number of ether oxygens (including phenoxy) is 1. The second kappa shape index (κ2) is 8.61. The van der Waals surface area contributed by atoms with Crippen LogP contribution in [0.4, 0.5) is 20.3 Å². The lowest BCUT2D eigenvalue weighted by Gasteiger charge is -2.33. The zero-order chi connectivity index (χ0) is 25.0. The molecule has 0 N–H and O–H groups in total. The number of aromatic nitrogens is 4. The van der Waals surface area contributed by atoms with E-state index >= 15 is 0 Å². The first-order chi connectivity index (χ1) is 17.5. The van der Waals surface area contributed by atoms with Crippen molar-refractivity contribution in [3.63, 3.8) is 0 Å². The highest BCUT2D eigenvalue weighted by Gasteiger charge is 2.31. The third-order valence-electron chi connectivity index (χ3n) is 7.26. The second-order valence-corrected chi connectivity index (χ2v) is 9.27. The monoisotopic (exact) mass is 492 g/mol. The zero-order valence-electron chi connectivity index (χ0n) is 20.1. The van der Waals surface area contributed by atoms with Crippen molar-refractivity contribution in [2.75, 3.05) is 25.1 Å². The van der Waals surface area contributed by atoms with Gasteiger partial charge >= 0.3 is 0 Å². The minimum atomic E-state index is -2.68. The lowest BCUT2D eigenvalue weighted by molar-refractivity contribution is -0.118. The van der Waals surface area contributed by atoms with E-state index in [1.54, 1.807) is 40.0 Å². The van der Waals surface area contributed by atoms with Crippen LogP contribution in [-0.4, -0.2) is 50.7 Å². The number of aryl methyl sites for hydroxylation is 2. The highest BCUT2D eigenvalue weighted by molar-refractivity contribution is 5.81. The molecule has 1 aromatic carbocycles. The minimum Gasteiger partial charge on any atom is -0.495 e. The first kappa shape index (κ1) is 22.5. The molecule has 5 heterocycles. The predicted molar refractivity (Wildman–Crippen MR) is 131 cm³/mol. The molecule has 0 unspecified atom stereocenters. The van der Waals surface area contributed by atoms with Crippen molar-refractivity contribution in [2.24, 2.45) is 7.05 Å². The van der Waals surface area contributed by atoms with E-state index in [-0.39, 0.29) is 5.56 Å². The number of halogens is 2. The topological polar surface area (TPSA) is 67.9 Å². The summed E-state index contributed by atoms with van der Waals surface area (Å²) in [5.74, 6) is 1.24. The maximum absolute atomic E-state index is 14.5. The van der Waals surface area contributed by atoms with E-state index in [0.717, 1.165) is 54.0 Å². The van der Waals surface area contributed by atoms with Crippen LogP contribution in [0.5, 0.6) is 5.75 Å². The van der Waals surface area contributed by atoms with Crippen molar-refractivity contribution >= 4 is 23.6 Å². The van der Waals surface area contributed by atoms with Gasteiger partial charge in [0.25, 0.3) is 6.43 Å². The maximum atomic E-state index is 14.5. The van der Waals surface area contributed by atoms with Gasteiger partial charge in [-0.3, -0.25) is 9.48 Å². The van der Waals surface area contributed by atoms with Gasteiger partial charge in [-0.2, -0.15) is 5.10 Å². The fourth-order valence-electron chi connectivity index (χ4n) is 5.50. The van der Waals surface area contributed by atoms with Gasteiger partial charge < -0.3 is 18.9 Å². The number of anilines is 2. The summed E-state index contributed by atoms with van der Waals surface area (Å²) in [6, 6.07) is 5.26. The van der Waals surface area contributed by atoms with Crippen LogP contribution in [0.2, 0.25) is 0 Å². The molecule has 6 rings (SSSR count). The molecular formula is C26H26F2N6O2. The molecule has 0 bridgehead atoms. The number of fused-ring (bicyclic) bond motifs is 3. The highest BCUT2D eigenvalue weighted by atomic mass is 19.3. The smallest absolute Gasteiger partial charge is 0.264 e. The molecular weight excluding hydrogens is 466 g/mol. The molecule has 0 spiro atoms. The first-order valence-corrected chi connectivity index (χ1v) is 12.0. The number of rotatable bonds is 5. The van der Waals surface area contributed by atoms with E-state index in [9.17, 15) is 13.6 Å². The summed E-state index contributed by atoms with van der Waals surface area (Å²) >= 11 is 0. The molecule has 0 fully saturated rings. The van der Waals surface area contributed by atoms with E-state index in [1.165, 1.54) is 7.11 Å². The van der Waals surface area contributed by atoms with Gasteiger partial charge in [-0.25, -0.2) is 13.8 Å². The van der Waals surface area contributed by atoms with Gasteiger partial charge in [-0.15, -0.1) is 0 Å². The van der Waals surface area contributed by atoms with E-state index in [0.29, 0.717) is 42.2 Å². The fourth-order valence-corrected chi connectivity index (χ4v) is 5.50. The Kier molecular flexibility index (Phi) is 5.39. The number of carbonyl (C=O) groups excluding carboxylic acids is 1. The summed E-state index contributed by atoms with van der Waals surface area (Å²) in [4.78, 5) is 19.5. The van der Waals surface area contributed by atoms with E-state index in [2.05, 4.69) is 4.98 Å². The number of hydrogen-bond acceptors (Lipinski definition) is 5. The number of amides is 1. The number of hydrogen-bond donors (Lipinski definition) is 0. The quantitative estimate of drug-likeness (QED) is 0.389. The summed E-state index contributed by atoms with van der Waals surface area (Å²) in [6.07, 6.45) is 5.74. The number of carbonyl (C=O) groups is 1. The van der Waals surface area contributed by atoms with Crippen LogP contribution in [-0.2, 0) is 31.2 Å².